The second-order valence-corrected chi connectivity index (χ2v) is 6.49. The Morgan fingerprint density at radius 1 is 1.18 bits per heavy atom. The van der Waals surface area contributed by atoms with Crippen LogP contribution in [0.5, 0.6) is 23.0 Å². The number of carbonyl (C=O) groups is 1. The number of nitrogens with zero attached hydrogens (tertiary/aromatic N) is 2. The van der Waals surface area contributed by atoms with E-state index < -0.39 is 5.78 Å². The SMILES string of the molecule is N#CCCCn1cc(/C=C2/Oc3cc(O)cc(O)c3C2=O)c2c(O)cccc21. The Labute approximate surface area is 159 Å². The fourth-order valence-electron chi connectivity index (χ4n) is 3.41. The number of phenolic OH excluding ortho intramolecular Hbond substituents is 3. The molecule has 3 N–H and O–H groups in total. The summed E-state index contributed by atoms with van der Waals surface area (Å²) in [5.41, 5.74) is 1.34. The number of benzene rings is 2. The molecule has 1 aromatic heterocycles. The van der Waals surface area contributed by atoms with Gasteiger partial charge in [-0.05, 0) is 24.6 Å². The first-order chi connectivity index (χ1) is 13.5. The molecule has 7 heteroatoms. The second-order valence-electron chi connectivity index (χ2n) is 6.49. The molecule has 0 radical (unpaired) electrons. The van der Waals surface area contributed by atoms with Crippen LogP contribution in [0.1, 0.15) is 28.8 Å². The number of aromatic nitrogens is 1. The number of fused-ring (bicyclic) bond motifs is 2. The molecule has 0 saturated carbocycles. The molecule has 2 heterocycles. The highest BCUT2D eigenvalue weighted by Gasteiger charge is 2.31. The molecule has 4 rings (SSSR count). The van der Waals surface area contributed by atoms with Gasteiger partial charge in [-0.25, -0.2) is 0 Å². The number of carbonyl (C=O) groups excluding carboxylic acids is 1. The average molecular weight is 376 g/mol. The summed E-state index contributed by atoms with van der Waals surface area (Å²) in [6.07, 6.45) is 4.35. The van der Waals surface area contributed by atoms with Crippen molar-refractivity contribution in [1.82, 2.24) is 4.57 Å². The summed E-state index contributed by atoms with van der Waals surface area (Å²) in [6.45, 7) is 0.584. The predicted molar refractivity (Wildman–Crippen MR) is 101 cm³/mol. The van der Waals surface area contributed by atoms with Crippen LogP contribution in [0.25, 0.3) is 17.0 Å². The van der Waals surface area contributed by atoms with E-state index in [0.717, 1.165) is 11.6 Å². The van der Waals surface area contributed by atoms with Crippen molar-refractivity contribution in [3.63, 3.8) is 0 Å². The van der Waals surface area contributed by atoms with E-state index in [2.05, 4.69) is 6.07 Å². The van der Waals surface area contributed by atoms with E-state index in [1.165, 1.54) is 12.1 Å². The number of hydrogen-bond donors (Lipinski definition) is 3. The zero-order chi connectivity index (χ0) is 19.8. The number of allylic oxidation sites excluding steroid dienone is 1. The monoisotopic (exact) mass is 376 g/mol. The Hall–Kier alpha value is -3.92. The molecular formula is C21H16N2O5. The smallest absolute Gasteiger partial charge is 0.235 e. The van der Waals surface area contributed by atoms with Crippen LogP contribution in [0.3, 0.4) is 0 Å². The van der Waals surface area contributed by atoms with Gasteiger partial charge in [0.2, 0.25) is 5.78 Å². The highest BCUT2D eigenvalue weighted by atomic mass is 16.5. The Balaban J connectivity index is 1.79. The van der Waals surface area contributed by atoms with E-state index in [0.29, 0.717) is 30.3 Å². The van der Waals surface area contributed by atoms with Gasteiger partial charge < -0.3 is 24.6 Å². The number of rotatable bonds is 4. The maximum atomic E-state index is 12.6. The molecule has 0 saturated heterocycles. The van der Waals surface area contributed by atoms with Crippen molar-refractivity contribution in [2.24, 2.45) is 0 Å². The molecule has 0 aliphatic carbocycles. The molecular weight excluding hydrogens is 360 g/mol. The Bertz CT molecular complexity index is 1180. The normalized spacial score (nSPS) is 14.2. The van der Waals surface area contributed by atoms with Crippen LogP contribution in [0.4, 0.5) is 0 Å². The lowest BCUT2D eigenvalue weighted by Gasteiger charge is -2.03. The van der Waals surface area contributed by atoms with E-state index in [-0.39, 0.29) is 34.3 Å². The van der Waals surface area contributed by atoms with Crippen molar-refractivity contribution in [3.05, 3.63) is 53.4 Å². The van der Waals surface area contributed by atoms with Gasteiger partial charge in [0.1, 0.15) is 28.6 Å². The fraction of sp³-hybridized carbons (Fsp3) is 0.143. The summed E-state index contributed by atoms with van der Waals surface area (Å²) in [5.74, 6) is -0.951. The van der Waals surface area contributed by atoms with Crippen LogP contribution in [-0.4, -0.2) is 25.7 Å². The number of ether oxygens (including phenoxy) is 1. The van der Waals surface area contributed by atoms with E-state index in [1.807, 2.05) is 10.6 Å². The number of nitriles is 1. The second kappa shape index (κ2) is 6.67. The number of Topliss-reactive ketones (excluding diaryl/α,β-unsaturated/α-hetero) is 1. The number of unbranched alkanes of at least 4 members (excludes halogenated alkanes) is 1. The van der Waals surface area contributed by atoms with Gasteiger partial charge in [0.15, 0.2) is 5.76 Å². The number of phenols is 3. The summed E-state index contributed by atoms with van der Waals surface area (Å²) >= 11 is 0. The van der Waals surface area contributed by atoms with Crippen molar-refractivity contribution in [3.8, 4) is 29.1 Å². The summed E-state index contributed by atoms with van der Waals surface area (Å²) in [6, 6.07) is 9.57. The number of aryl methyl sites for hydroxylation is 1. The third-order valence-corrected chi connectivity index (χ3v) is 4.62. The van der Waals surface area contributed by atoms with Crippen molar-refractivity contribution >= 4 is 22.8 Å². The third-order valence-electron chi connectivity index (χ3n) is 4.62. The zero-order valence-electron chi connectivity index (χ0n) is 14.7. The Morgan fingerprint density at radius 2 is 2.00 bits per heavy atom. The molecule has 140 valence electrons. The summed E-state index contributed by atoms with van der Waals surface area (Å²) in [5, 5.41) is 39.2. The molecule has 0 spiro atoms. The number of ketones is 1. The topological polar surface area (TPSA) is 116 Å². The maximum absolute atomic E-state index is 12.6. The highest BCUT2D eigenvalue weighted by molar-refractivity contribution is 6.17. The molecule has 0 unspecified atom stereocenters. The van der Waals surface area contributed by atoms with Gasteiger partial charge in [-0.3, -0.25) is 4.79 Å². The predicted octanol–water partition coefficient (Wildman–Crippen LogP) is 3.68. The lowest BCUT2D eigenvalue weighted by atomic mass is 10.1. The molecule has 7 nitrogen and oxygen atoms in total. The molecule has 3 aromatic rings. The minimum atomic E-state index is -0.506. The lowest BCUT2D eigenvalue weighted by Crippen LogP contribution is -1.98. The third kappa shape index (κ3) is 2.81. The average Bonchev–Trinajstić information content (AvgIpc) is 3.14. The van der Waals surface area contributed by atoms with Gasteiger partial charge in [0.05, 0.1) is 11.6 Å². The molecule has 0 bridgehead atoms. The van der Waals surface area contributed by atoms with Crippen LogP contribution in [0.15, 0.2) is 42.3 Å². The molecule has 0 fully saturated rings. The van der Waals surface area contributed by atoms with Crippen LogP contribution >= 0.6 is 0 Å². The van der Waals surface area contributed by atoms with Crippen molar-refractivity contribution in [2.45, 2.75) is 19.4 Å². The van der Waals surface area contributed by atoms with Crippen molar-refractivity contribution in [2.75, 3.05) is 0 Å². The minimum Gasteiger partial charge on any atom is -0.508 e. The molecule has 1 aliphatic rings. The molecule has 1 aliphatic heterocycles. The van der Waals surface area contributed by atoms with Crippen LogP contribution in [-0.2, 0) is 6.54 Å². The minimum absolute atomic E-state index is 0.00831. The van der Waals surface area contributed by atoms with E-state index in [1.54, 1.807) is 18.3 Å². The van der Waals surface area contributed by atoms with E-state index >= 15 is 0 Å². The molecule has 2 aromatic carbocycles. The largest absolute Gasteiger partial charge is 0.508 e. The van der Waals surface area contributed by atoms with Crippen molar-refractivity contribution < 1.29 is 24.9 Å². The van der Waals surface area contributed by atoms with E-state index in [4.69, 9.17) is 10.00 Å². The first-order valence-corrected chi connectivity index (χ1v) is 8.67. The van der Waals surface area contributed by atoms with Gasteiger partial charge in [0.25, 0.3) is 0 Å². The number of hydrogen-bond acceptors (Lipinski definition) is 6. The van der Waals surface area contributed by atoms with E-state index in [9.17, 15) is 20.1 Å². The molecule has 0 amide bonds. The Morgan fingerprint density at radius 3 is 2.79 bits per heavy atom. The van der Waals surface area contributed by atoms with Gasteiger partial charge in [0, 0.05) is 42.2 Å². The quantitative estimate of drug-likeness (QED) is 0.472. The Kier molecular flexibility index (Phi) is 4.17. The van der Waals surface area contributed by atoms with Gasteiger partial charge in [-0.2, -0.15) is 5.26 Å². The lowest BCUT2D eigenvalue weighted by molar-refractivity contribution is 0.101. The first-order valence-electron chi connectivity index (χ1n) is 8.67. The van der Waals surface area contributed by atoms with Crippen molar-refractivity contribution in [1.29, 1.82) is 5.26 Å². The van der Waals surface area contributed by atoms with Crippen LogP contribution < -0.4 is 4.74 Å². The zero-order valence-corrected chi connectivity index (χ0v) is 14.7. The summed E-state index contributed by atoms with van der Waals surface area (Å²) < 4.78 is 7.45. The molecule has 0 atom stereocenters. The standard InChI is InChI=1S/C21H16N2O5/c22-6-1-2-7-23-11-12(19-14(23)4-3-5-15(19)25)8-18-21(27)20-16(26)9-13(24)10-17(20)28-18/h3-5,8-11,24-26H,1-2,7H2/b18-8+. The fourth-order valence-corrected chi connectivity index (χ4v) is 3.41. The highest BCUT2D eigenvalue weighted by Crippen LogP contribution is 2.41. The molecule has 28 heavy (non-hydrogen) atoms. The van der Waals surface area contributed by atoms with Crippen LogP contribution in [0, 0.1) is 11.3 Å². The van der Waals surface area contributed by atoms with Gasteiger partial charge in [-0.15, -0.1) is 0 Å². The van der Waals surface area contributed by atoms with Crippen LogP contribution in [0.2, 0.25) is 0 Å². The first kappa shape index (κ1) is 17.5. The summed E-state index contributed by atoms with van der Waals surface area (Å²) in [7, 11) is 0. The summed E-state index contributed by atoms with van der Waals surface area (Å²) in [4.78, 5) is 12.6. The van der Waals surface area contributed by atoms with Gasteiger partial charge in [-0.1, -0.05) is 6.07 Å². The van der Waals surface area contributed by atoms with Gasteiger partial charge >= 0.3 is 0 Å². The number of aromatic hydroxyl groups is 3. The maximum Gasteiger partial charge on any atom is 0.235 e.